The molecule has 4 rings (SSSR count). The lowest BCUT2D eigenvalue weighted by atomic mass is 9.92. The highest BCUT2D eigenvalue weighted by atomic mass is 16.5. The van der Waals surface area contributed by atoms with Crippen molar-refractivity contribution in [3.63, 3.8) is 0 Å². The molecule has 4 aromatic carbocycles. The van der Waals surface area contributed by atoms with Gasteiger partial charge in [0, 0.05) is 24.0 Å². The zero-order chi connectivity index (χ0) is 25.0. The predicted molar refractivity (Wildman–Crippen MR) is 141 cm³/mol. The Morgan fingerprint density at radius 2 is 0.722 bits per heavy atom. The minimum absolute atomic E-state index is 0.103. The molecule has 0 N–H and O–H groups in total. The summed E-state index contributed by atoms with van der Waals surface area (Å²) >= 11 is 0. The van der Waals surface area contributed by atoms with Crippen LogP contribution in [0.3, 0.4) is 0 Å². The van der Waals surface area contributed by atoms with Crippen LogP contribution in [0.15, 0.2) is 133 Å². The third kappa shape index (κ3) is 7.03. The van der Waals surface area contributed by atoms with E-state index < -0.39 is 11.9 Å². The third-order valence-corrected chi connectivity index (χ3v) is 5.95. The summed E-state index contributed by atoms with van der Waals surface area (Å²) < 4.78 is 11.0. The molecule has 0 heterocycles. The van der Waals surface area contributed by atoms with E-state index in [1.165, 1.54) is 0 Å². The van der Waals surface area contributed by atoms with Crippen molar-refractivity contribution < 1.29 is 19.1 Å². The molecule has 0 aliphatic rings. The van der Waals surface area contributed by atoms with E-state index in [0.717, 1.165) is 34.4 Å². The molecule has 4 heteroatoms. The number of hydrogen-bond donors (Lipinski definition) is 0. The van der Waals surface area contributed by atoms with Gasteiger partial charge in [-0.05, 0) is 22.3 Å². The molecule has 0 bridgehead atoms. The van der Waals surface area contributed by atoms with Crippen LogP contribution in [0.1, 0.15) is 34.1 Å². The lowest BCUT2D eigenvalue weighted by molar-refractivity contribution is -0.140. The summed E-state index contributed by atoms with van der Waals surface area (Å²) in [5.74, 6) is -1.39. The standard InChI is InChI=1S/C32H28O4/c33-31(35-23-29(25-13-5-1-6-14-25)26-15-7-2-8-16-26)21-22-32(34)36-24-30(27-17-9-3-10-18-27)28-19-11-4-12-20-28/h1-22,29-30H,23-24H2/b22-21-. The first-order valence-corrected chi connectivity index (χ1v) is 11.9. The Labute approximate surface area is 211 Å². The lowest BCUT2D eigenvalue weighted by Gasteiger charge is -2.18. The van der Waals surface area contributed by atoms with Crippen molar-refractivity contribution in [1.29, 1.82) is 0 Å². The topological polar surface area (TPSA) is 52.6 Å². The summed E-state index contributed by atoms with van der Waals surface area (Å²) in [5, 5.41) is 0. The fraction of sp³-hybridized carbons (Fsp3) is 0.125. The van der Waals surface area contributed by atoms with Gasteiger partial charge in [-0.15, -0.1) is 0 Å². The average Bonchev–Trinajstić information content (AvgIpc) is 2.94. The van der Waals surface area contributed by atoms with Crippen LogP contribution in [0.2, 0.25) is 0 Å². The number of carbonyl (C=O) groups excluding carboxylic acids is 2. The van der Waals surface area contributed by atoms with E-state index in [2.05, 4.69) is 0 Å². The lowest BCUT2D eigenvalue weighted by Crippen LogP contribution is -2.14. The smallest absolute Gasteiger partial charge is 0.331 e. The molecule has 0 atom stereocenters. The summed E-state index contributed by atoms with van der Waals surface area (Å²) in [4.78, 5) is 24.8. The monoisotopic (exact) mass is 476 g/mol. The van der Waals surface area contributed by atoms with Gasteiger partial charge in [0.05, 0.1) is 0 Å². The SMILES string of the molecule is O=C(/C=C\C(=O)OCC(c1ccccc1)c1ccccc1)OCC(c1ccccc1)c1ccccc1. The fourth-order valence-electron chi connectivity index (χ4n) is 4.07. The van der Waals surface area contributed by atoms with Gasteiger partial charge in [-0.3, -0.25) is 0 Å². The Bertz CT molecular complexity index is 1070. The normalized spacial score (nSPS) is 11.1. The minimum Gasteiger partial charge on any atom is -0.462 e. The quantitative estimate of drug-likeness (QED) is 0.199. The Hall–Kier alpha value is -4.44. The van der Waals surface area contributed by atoms with E-state index in [1.54, 1.807) is 0 Å². The second-order valence-electron chi connectivity index (χ2n) is 8.34. The third-order valence-electron chi connectivity index (χ3n) is 5.95. The van der Waals surface area contributed by atoms with Gasteiger partial charge in [-0.2, -0.15) is 0 Å². The second-order valence-corrected chi connectivity index (χ2v) is 8.34. The van der Waals surface area contributed by atoms with Gasteiger partial charge < -0.3 is 9.47 Å². The van der Waals surface area contributed by atoms with Crippen LogP contribution >= 0.6 is 0 Å². The first-order valence-electron chi connectivity index (χ1n) is 11.9. The van der Waals surface area contributed by atoms with Crippen molar-refractivity contribution in [1.82, 2.24) is 0 Å². The molecule has 180 valence electrons. The van der Waals surface area contributed by atoms with Gasteiger partial charge >= 0.3 is 11.9 Å². The highest BCUT2D eigenvalue weighted by Crippen LogP contribution is 2.26. The Morgan fingerprint density at radius 3 is 0.972 bits per heavy atom. The van der Waals surface area contributed by atoms with Crippen LogP contribution in [-0.4, -0.2) is 25.2 Å². The van der Waals surface area contributed by atoms with E-state index in [1.807, 2.05) is 121 Å². The number of hydrogen-bond acceptors (Lipinski definition) is 4. The summed E-state index contributed by atoms with van der Waals surface area (Å²) in [5.41, 5.74) is 4.20. The maximum absolute atomic E-state index is 12.4. The minimum atomic E-state index is -0.591. The fourth-order valence-corrected chi connectivity index (χ4v) is 4.07. The van der Waals surface area contributed by atoms with Crippen molar-refractivity contribution in [2.24, 2.45) is 0 Å². The van der Waals surface area contributed by atoms with E-state index in [0.29, 0.717) is 0 Å². The number of benzene rings is 4. The first kappa shape index (κ1) is 24.7. The molecule has 0 amide bonds. The van der Waals surface area contributed by atoms with Crippen LogP contribution in [0, 0.1) is 0 Å². The van der Waals surface area contributed by atoms with E-state index in [4.69, 9.17) is 9.47 Å². The van der Waals surface area contributed by atoms with E-state index in [9.17, 15) is 9.59 Å². The zero-order valence-corrected chi connectivity index (χ0v) is 19.9. The van der Waals surface area contributed by atoms with Gasteiger partial charge in [-0.25, -0.2) is 9.59 Å². The summed E-state index contributed by atoms with van der Waals surface area (Å²) in [7, 11) is 0. The van der Waals surface area contributed by atoms with Crippen LogP contribution < -0.4 is 0 Å². The maximum atomic E-state index is 12.4. The molecule has 4 nitrogen and oxygen atoms in total. The highest BCUT2D eigenvalue weighted by Gasteiger charge is 2.17. The molecular formula is C32H28O4. The molecule has 0 aliphatic heterocycles. The summed E-state index contributed by atoms with van der Waals surface area (Å²) in [6, 6.07) is 39.5. The number of carbonyl (C=O) groups is 2. The number of rotatable bonds is 10. The van der Waals surface area contributed by atoms with Crippen molar-refractivity contribution >= 4 is 11.9 Å². The molecule has 0 aliphatic carbocycles. The van der Waals surface area contributed by atoms with E-state index >= 15 is 0 Å². The first-order chi connectivity index (χ1) is 17.7. The van der Waals surface area contributed by atoms with Gasteiger partial charge in [0.1, 0.15) is 13.2 Å². The predicted octanol–water partition coefficient (Wildman–Crippen LogP) is 6.29. The van der Waals surface area contributed by atoms with Crippen LogP contribution in [0.25, 0.3) is 0 Å². The Balaban J connectivity index is 1.35. The molecule has 0 spiro atoms. The second kappa shape index (κ2) is 12.9. The number of esters is 2. The zero-order valence-electron chi connectivity index (χ0n) is 19.9. The van der Waals surface area contributed by atoms with E-state index in [-0.39, 0.29) is 25.0 Å². The molecule has 4 aromatic rings. The van der Waals surface area contributed by atoms with Crippen molar-refractivity contribution in [3.8, 4) is 0 Å². The van der Waals surface area contributed by atoms with Crippen molar-refractivity contribution in [3.05, 3.63) is 156 Å². The molecule has 36 heavy (non-hydrogen) atoms. The summed E-state index contributed by atoms with van der Waals surface area (Å²) in [6.45, 7) is 0.326. The Kier molecular flexibility index (Phi) is 8.82. The molecule has 0 aromatic heterocycles. The Morgan fingerprint density at radius 1 is 0.472 bits per heavy atom. The highest BCUT2D eigenvalue weighted by molar-refractivity contribution is 5.91. The van der Waals surface area contributed by atoms with Gasteiger partial charge in [0.25, 0.3) is 0 Å². The molecular weight excluding hydrogens is 448 g/mol. The number of ether oxygens (including phenoxy) is 2. The van der Waals surface area contributed by atoms with Gasteiger partial charge in [0.2, 0.25) is 0 Å². The van der Waals surface area contributed by atoms with Gasteiger partial charge in [0.15, 0.2) is 0 Å². The average molecular weight is 477 g/mol. The summed E-state index contributed by atoms with van der Waals surface area (Å²) in [6.07, 6.45) is 2.24. The van der Waals surface area contributed by atoms with Gasteiger partial charge in [-0.1, -0.05) is 121 Å². The van der Waals surface area contributed by atoms with Crippen LogP contribution in [-0.2, 0) is 19.1 Å². The molecule has 0 radical (unpaired) electrons. The molecule has 0 fully saturated rings. The maximum Gasteiger partial charge on any atom is 0.331 e. The molecule has 0 saturated carbocycles. The molecule has 0 unspecified atom stereocenters. The van der Waals surface area contributed by atoms with Crippen molar-refractivity contribution in [2.75, 3.05) is 13.2 Å². The largest absolute Gasteiger partial charge is 0.462 e. The van der Waals surface area contributed by atoms with Crippen LogP contribution in [0.5, 0.6) is 0 Å². The van der Waals surface area contributed by atoms with Crippen LogP contribution in [0.4, 0.5) is 0 Å². The van der Waals surface area contributed by atoms with Crippen molar-refractivity contribution in [2.45, 2.75) is 11.8 Å². The molecule has 0 saturated heterocycles.